The quantitative estimate of drug-likeness (QED) is 0.177. The summed E-state index contributed by atoms with van der Waals surface area (Å²) in [4.78, 5) is 10.7. The first-order valence-electron chi connectivity index (χ1n) is 17.8. The van der Waals surface area contributed by atoms with Gasteiger partial charge in [0.1, 0.15) is 0 Å². The van der Waals surface area contributed by atoms with Gasteiger partial charge in [-0.25, -0.2) is 9.97 Å². The van der Waals surface area contributed by atoms with Gasteiger partial charge in [-0.3, -0.25) is 0 Å². The van der Waals surface area contributed by atoms with Crippen molar-refractivity contribution in [2.75, 3.05) is 0 Å². The molecule has 0 radical (unpaired) electrons. The van der Waals surface area contributed by atoms with Gasteiger partial charge in [0.15, 0.2) is 5.82 Å². The number of nitrogens with zero attached hydrogens (tertiary/aromatic N) is 2. The maximum atomic E-state index is 5.37. The van der Waals surface area contributed by atoms with Gasteiger partial charge in [-0.15, -0.1) is 11.3 Å². The first kappa shape index (κ1) is 30.7. The zero-order valence-corrected chi connectivity index (χ0v) is 28.8. The molecule has 0 saturated heterocycles. The second-order valence-electron chi connectivity index (χ2n) is 13.6. The van der Waals surface area contributed by atoms with E-state index in [1.165, 1.54) is 42.4 Å². The summed E-state index contributed by atoms with van der Waals surface area (Å²) in [5.74, 6) is 2.03. The van der Waals surface area contributed by atoms with Crippen molar-refractivity contribution < 1.29 is 0 Å². The molecule has 5 aromatic carbocycles. The zero-order chi connectivity index (χ0) is 33.3. The lowest BCUT2D eigenvalue weighted by molar-refractivity contribution is 0.314. The lowest BCUT2D eigenvalue weighted by Crippen LogP contribution is -2.24. The normalized spacial score (nSPS) is 19.0. The predicted octanol–water partition coefficient (Wildman–Crippen LogP) is 13.0. The number of aromatic nitrogens is 2. The van der Waals surface area contributed by atoms with Crippen molar-refractivity contribution in [1.82, 2.24) is 9.97 Å². The van der Waals surface area contributed by atoms with Crippen LogP contribution in [0.1, 0.15) is 48.8 Å². The third kappa shape index (κ3) is 5.82. The van der Waals surface area contributed by atoms with Crippen molar-refractivity contribution in [1.29, 1.82) is 0 Å². The van der Waals surface area contributed by atoms with E-state index in [9.17, 15) is 0 Å². The van der Waals surface area contributed by atoms with Crippen LogP contribution < -0.4 is 0 Å². The number of hydrogen-bond acceptors (Lipinski definition) is 3. The van der Waals surface area contributed by atoms with Gasteiger partial charge in [-0.05, 0) is 78.0 Å². The van der Waals surface area contributed by atoms with E-state index < -0.39 is 0 Å². The summed E-state index contributed by atoms with van der Waals surface area (Å²) in [6.45, 7) is 0. The largest absolute Gasteiger partial charge is 0.233 e. The van der Waals surface area contributed by atoms with Gasteiger partial charge in [0.05, 0.1) is 5.69 Å². The lowest BCUT2D eigenvalue weighted by Gasteiger charge is -2.37. The smallest absolute Gasteiger partial charge is 0.160 e. The summed E-state index contributed by atoms with van der Waals surface area (Å²) in [7, 11) is 0. The molecule has 0 spiro atoms. The third-order valence-corrected chi connectivity index (χ3v) is 11.8. The van der Waals surface area contributed by atoms with Crippen molar-refractivity contribution in [2.45, 2.75) is 37.5 Å². The molecule has 50 heavy (non-hydrogen) atoms. The van der Waals surface area contributed by atoms with E-state index in [-0.39, 0.29) is 0 Å². The SMILES string of the molecule is C1=CCC=C(C2CCC(c3cc(-c4ccccc4-c4cccc5sc6ccccc6c45)nc(-c4ccccc4)n3)CC2c2ccccc2)C=C1. The van der Waals surface area contributed by atoms with Crippen LogP contribution in [0.2, 0.25) is 0 Å². The number of hydrogen-bond donors (Lipinski definition) is 0. The Balaban J connectivity index is 1.17. The van der Waals surface area contributed by atoms with Crippen LogP contribution in [0.5, 0.6) is 0 Å². The Morgan fingerprint density at radius 2 is 1.34 bits per heavy atom. The summed E-state index contributed by atoms with van der Waals surface area (Å²) in [5.41, 5.74) is 9.68. The Hall–Kier alpha value is -5.38. The lowest BCUT2D eigenvalue weighted by atomic mass is 9.67. The van der Waals surface area contributed by atoms with Crippen molar-refractivity contribution in [2.24, 2.45) is 5.92 Å². The van der Waals surface area contributed by atoms with Crippen LogP contribution in [0.4, 0.5) is 0 Å². The van der Waals surface area contributed by atoms with Gasteiger partial charge >= 0.3 is 0 Å². The maximum Gasteiger partial charge on any atom is 0.160 e. The number of benzene rings is 5. The molecule has 2 aromatic heterocycles. The average molecular weight is 663 g/mol. The highest BCUT2D eigenvalue weighted by molar-refractivity contribution is 7.25. The third-order valence-electron chi connectivity index (χ3n) is 10.6. The molecule has 0 N–H and O–H groups in total. The molecule has 3 heteroatoms. The molecule has 3 atom stereocenters. The molecule has 2 nitrogen and oxygen atoms in total. The summed E-state index contributed by atoms with van der Waals surface area (Å²) in [6, 6.07) is 48.3. The van der Waals surface area contributed by atoms with Crippen LogP contribution in [-0.4, -0.2) is 9.97 Å². The van der Waals surface area contributed by atoms with E-state index in [1.54, 1.807) is 0 Å². The van der Waals surface area contributed by atoms with Crippen molar-refractivity contribution in [3.05, 3.63) is 181 Å². The average Bonchev–Trinajstić information content (AvgIpc) is 3.36. The molecule has 2 aliphatic carbocycles. The number of rotatable bonds is 6. The van der Waals surface area contributed by atoms with Gasteiger partial charge in [0, 0.05) is 42.9 Å². The van der Waals surface area contributed by atoms with E-state index in [0.717, 1.165) is 54.0 Å². The maximum absolute atomic E-state index is 5.37. The van der Waals surface area contributed by atoms with Crippen LogP contribution in [0.3, 0.4) is 0 Å². The Kier molecular flexibility index (Phi) is 8.28. The molecule has 1 fully saturated rings. The van der Waals surface area contributed by atoms with E-state index >= 15 is 0 Å². The van der Waals surface area contributed by atoms with E-state index in [0.29, 0.717) is 17.8 Å². The molecule has 2 aliphatic rings. The topological polar surface area (TPSA) is 25.8 Å². The molecule has 0 amide bonds. The summed E-state index contributed by atoms with van der Waals surface area (Å²) in [6.07, 6.45) is 15.7. The second-order valence-corrected chi connectivity index (χ2v) is 14.6. The van der Waals surface area contributed by atoms with Crippen LogP contribution in [0, 0.1) is 5.92 Å². The molecule has 1 saturated carbocycles. The van der Waals surface area contributed by atoms with E-state index in [4.69, 9.17) is 9.97 Å². The molecule has 7 aromatic rings. The molecule has 3 unspecified atom stereocenters. The Labute approximate surface area is 298 Å². The summed E-state index contributed by atoms with van der Waals surface area (Å²) < 4.78 is 2.63. The van der Waals surface area contributed by atoms with Crippen LogP contribution in [-0.2, 0) is 0 Å². The molecule has 242 valence electrons. The van der Waals surface area contributed by atoms with Crippen LogP contribution >= 0.6 is 11.3 Å². The first-order chi connectivity index (χ1) is 24.8. The predicted molar refractivity (Wildman–Crippen MR) is 211 cm³/mol. The fraction of sp³-hybridized carbons (Fsp3) is 0.149. The van der Waals surface area contributed by atoms with Crippen molar-refractivity contribution in [3.63, 3.8) is 0 Å². The first-order valence-corrected chi connectivity index (χ1v) is 18.6. The zero-order valence-electron chi connectivity index (χ0n) is 28.0. The standard InChI is InChI=1S/C47H38N2S/c1-2-6-17-32(16-5-1)36-29-28-35(30-41(36)33-18-7-3-8-19-33)42-31-43(49-47(48-42)34-20-9-4-10-21-34)38-23-12-11-22-37(38)39-25-15-27-45-46(39)40-24-13-14-26-44(40)50-45/h1-5,7-27,31,35-36,41H,6,28-30H2. The highest BCUT2D eigenvalue weighted by atomic mass is 32.1. The molecule has 2 heterocycles. The van der Waals surface area contributed by atoms with Gasteiger partial charge in [0.2, 0.25) is 0 Å². The minimum Gasteiger partial charge on any atom is -0.233 e. The highest BCUT2D eigenvalue weighted by Crippen LogP contribution is 2.49. The Bertz CT molecular complexity index is 2400. The number of allylic oxidation sites excluding steroid dienone is 6. The molecule has 0 aliphatic heterocycles. The van der Waals surface area contributed by atoms with Gasteiger partial charge in [-0.1, -0.05) is 146 Å². The highest BCUT2D eigenvalue weighted by Gasteiger charge is 2.35. The second kappa shape index (κ2) is 13.5. The van der Waals surface area contributed by atoms with Gasteiger partial charge in [0.25, 0.3) is 0 Å². The minimum atomic E-state index is 0.325. The van der Waals surface area contributed by atoms with Crippen LogP contribution in [0.15, 0.2) is 169 Å². The molecular formula is C47H38N2S. The molecular weight excluding hydrogens is 625 g/mol. The Morgan fingerprint density at radius 3 is 2.22 bits per heavy atom. The summed E-state index contributed by atoms with van der Waals surface area (Å²) in [5, 5.41) is 2.63. The summed E-state index contributed by atoms with van der Waals surface area (Å²) >= 11 is 1.87. The number of thiophene rings is 1. The fourth-order valence-electron chi connectivity index (χ4n) is 8.25. The molecule has 0 bridgehead atoms. The van der Waals surface area contributed by atoms with Gasteiger partial charge in [-0.2, -0.15) is 0 Å². The van der Waals surface area contributed by atoms with Crippen LogP contribution in [0.25, 0.3) is 53.9 Å². The monoisotopic (exact) mass is 662 g/mol. The van der Waals surface area contributed by atoms with Crippen molar-refractivity contribution in [3.8, 4) is 33.8 Å². The van der Waals surface area contributed by atoms with E-state index in [2.05, 4.69) is 164 Å². The van der Waals surface area contributed by atoms with Crippen molar-refractivity contribution >= 4 is 31.5 Å². The Morgan fingerprint density at radius 1 is 0.600 bits per heavy atom. The molecule has 9 rings (SSSR count). The van der Waals surface area contributed by atoms with E-state index in [1.807, 2.05) is 11.3 Å². The fourth-order valence-corrected chi connectivity index (χ4v) is 9.38. The van der Waals surface area contributed by atoms with Gasteiger partial charge < -0.3 is 0 Å². The minimum absolute atomic E-state index is 0.325. The number of fused-ring (bicyclic) bond motifs is 3.